The third-order valence-corrected chi connectivity index (χ3v) is 3.98. The van der Waals surface area contributed by atoms with E-state index in [9.17, 15) is 0 Å². The summed E-state index contributed by atoms with van der Waals surface area (Å²) in [5.41, 5.74) is 7.12. The molecule has 4 nitrogen and oxygen atoms in total. The summed E-state index contributed by atoms with van der Waals surface area (Å²) in [6, 6.07) is 0.506. The van der Waals surface area contributed by atoms with Crippen molar-refractivity contribution < 1.29 is 4.52 Å². The van der Waals surface area contributed by atoms with Gasteiger partial charge in [-0.15, -0.1) is 0 Å². The lowest BCUT2D eigenvalue weighted by Gasteiger charge is -2.33. The first-order chi connectivity index (χ1) is 7.88. The molecule has 1 aliphatic carbocycles. The van der Waals surface area contributed by atoms with Gasteiger partial charge in [-0.05, 0) is 44.8 Å². The third-order valence-electron chi connectivity index (χ3n) is 3.98. The maximum atomic E-state index is 5.81. The summed E-state index contributed by atoms with van der Waals surface area (Å²) in [4.78, 5) is 2.57. The van der Waals surface area contributed by atoms with Crippen molar-refractivity contribution in [2.45, 2.75) is 31.7 Å². The van der Waals surface area contributed by atoms with Gasteiger partial charge in [0.25, 0.3) is 0 Å². The molecule has 1 aromatic rings. The van der Waals surface area contributed by atoms with Crippen molar-refractivity contribution in [1.82, 2.24) is 10.1 Å². The van der Waals surface area contributed by atoms with Gasteiger partial charge in [-0.1, -0.05) is 5.16 Å². The molecule has 0 amide bonds. The van der Waals surface area contributed by atoms with E-state index < -0.39 is 0 Å². The van der Waals surface area contributed by atoms with Gasteiger partial charge in [-0.3, -0.25) is 4.90 Å². The molecule has 0 spiro atoms. The molecule has 1 saturated heterocycles. The lowest BCUT2D eigenvalue weighted by atomic mass is 9.84. The molecule has 1 aliphatic heterocycles. The number of hydrogen-bond acceptors (Lipinski definition) is 4. The predicted molar refractivity (Wildman–Crippen MR) is 60.9 cm³/mol. The maximum absolute atomic E-state index is 5.81. The van der Waals surface area contributed by atoms with E-state index in [4.69, 9.17) is 10.3 Å². The van der Waals surface area contributed by atoms with E-state index in [1.54, 1.807) is 0 Å². The Balaban J connectivity index is 1.87. The van der Waals surface area contributed by atoms with E-state index in [-0.39, 0.29) is 0 Å². The zero-order chi connectivity index (χ0) is 11.0. The molecule has 1 aromatic heterocycles. The Kier molecular flexibility index (Phi) is 2.69. The molecule has 2 atom stereocenters. The van der Waals surface area contributed by atoms with Crippen LogP contribution in [0.15, 0.2) is 10.7 Å². The van der Waals surface area contributed by atoms with E-state index in [1.807, 2.05) is 6.20 Å². The van der Waals surface area contributed by atoms with E-state index in [0.717, 1.165) is 18.7 Å². The molecular formula is C12H19N3O. The molecule has 3 rings (SSSR count). The van der Waals surface area contributed by atoms with Crippen molar-refractivity contribution in [2.75, 3.05) is 19.6 Å². The Morgan fingerprint density at radius 3 is 3.00 bits per heavy atom. The van der Waals surface area contributed by atoms with Gasteiger partial charge < -0.3 is 10.3 Å². The number of likely N-dealkylation sites (tertiary alicyclic amines) is 1. The lowest BCUT2D eigenvalue weighted by Crippen LogP contribution is -2.33. The molecule has 0 radical (unpaired) electrons. The Labute approximate surface area is 95.8 Å². The van der Waals surface area contributed by atoms with Crippen LogP contribution in [0.2, 0.25) is 0 Å². The van der Waals surface area contributed by atoms with Gasteiger partial charge in [0.1, 0.15) is 5.76 Å². The van der Waals surface area contributed by atoms with E-state index in [0.29, 0.717) is 12.0 Å². The molecule has 2 N–H and O–H groups in total. The van der Waals surface area contributed by atoms with Gasteiger partial charge >= 0.3 is 0 Å². The van der Waals surface area contributed by atoms with Gasteiger partial charge in [0.05, 0.1) is 6.20 Å². The summed E-state index contributed by atoms with van der Waals surface area (Å²) in [6.07, 6.45) is 6.70. The number of fused-ring (bicyclic) bond motifs is 1. The highest BCUT2D eigenvalue weighted by Gasteiger charge is 2.34. The molecule has 0 bridgehead atoms. The number of nitrogens with two attached hydrogens (primary N) is 1. The first kappa shape index (κ1) is 10.3. The van der Waals surface area contributed by atoms with Gasteiger partial charge in [-0.25, -0.2) is 0 Å². The summed E-state index contributed by atoms with van der Waals surface area (Å²) in [6.45, 7) is 3.18. The van der Waals surface area contributed by atoms with Crippen LogP contribution in [0.3, 0.4) is 0 Å². The molecular weight excluding hydrogens is 202 g/mol. The van der Waals surface area contributed by atoms with Crippen LogP contribution in [0.4, 0.5) is 0 Å². The number of hydrogen-bond donors (Lipinski definition) is 1. The highest BCUT2D eigenvalue weighted by atomic mass is 16.5. The Bertz CT molecular complexity index is 357. The third kappa shape index (κ3) is 1.66. The largest absolute Gasteiger partial charge is 0.361 e. The first-order valence-electron chi connectivity index (χ1n) is 6.26. The smallest absolute Gasteiger partial charge is 0.141 e. The van der Waals surface area contributed by atoms with Crippen LogP contribution in [-0.2, 0) is 6.42 Å². The van der Waals surface area contributed by atoms with Crippen LogP contribution in [-0.4, -0.2) is 29.7 Å². The quantitative estimate of drug-likeness (QED) is 0.818. The molecule has 2 heterocycles. The number of nitrogens with zero attached hydrogens (tertiary/aromatic N) is 2. The molecule has 2 aliphatic rings. The molecule has 1 fully saturated rings. The molecule has 16 heavy (non-hydrogen) atoms. The van der Waals surface area contributed by atoms with Crippen LogP contribution < -0.4 is 5.73 Å². The number of rotatable bonds is 2. The topological polar surface area (TPSA) is 55.3 Å². The SMILES string of the molecule is NCC1Cc2oncc2C(N2CCCC2)C1. The minimum atomic E-state index is 0.506. The first-order valence-corrected chi connectivity index (χ1v) is 6.26. The summed E-state index contributed by atoms with van der Waals surface area (Å²) >= 11 is 0. The van der Waals surface area contributed by atoms with Gasteiger partial charge in [0, 0.05) is 18.0 Å². The normalized spacial score (nSPS) is 30.6. The predicted octanol–water partition coefficient (Wildman–Crippen LogP) is 1.33. The van der Waals surface area contributed by atoms with Crippen molar-refractivity contribution in [3.8, 4) is 0 Å². The molecule has 0 aromatic carbocycles. The molecule has 4 heteroatoms. The zero-order valence-corrected chi connectivity index (χ0v) is 9.56. The molecule has 2 unspecified atom stereocenters. The Hall–Kier alpha value is -0.870. The summed E-state index contributed by atoms with van der Waals surface area (Å²) < 4.78 is 5.35. The van der Waals surface area contributed by atoms with Crippen molar-refractivity contribution in [2.24, 2.45) is 11.7 Å². The highest BCUT2D eigenvalue weighted by molar-refractivity contribution is 5.22. The minimum absolute atomic E-state index is 0.506. The van der Waals surface area contributed by atoms with Gasteiger partial charge in [0.2, 0.25) is 0 Å². The molecule has 0 saturated carbocycles. The van der Waals surface area contributed by atoms with E-state index in [1.165, 1.54) is 37.9 Å². The minimum Gasteiger partial charge on any atom is -0.361 e. The van der Waals surface area contributed by atoms with Crippen molar-refractivity contribution in [1.29, 1.82) is 0 Å². The Morgan fingerprint density at radius 2 is 2.25 bits per heavy atom. The van der Waals surface area contributed by atoms with E-state index >= 15 is 0 Å². The molecule has 88 valence electrons. The summed E-state index contributed by atoms with van der Waals surface area (Å²) in [5.74, 6) is 1.63. The Morgan fingerprint density at radius 1 is 1.44 bits per heavy atom. The van der Waals surface area contributed by atoms with Gasteiger partial charge in [0.15, 0.2) is 0 Å². The highest BCUT2D eigenvalue weighted by Crippen LogP contribution is 2.38. The van der Waals surface area contributed by atoms with Crippen molar-refractivity contribution in [3.63, 3.8) is 0 Å². The summed E-state index contributed by atoms with van der Waals surface area (Å²) in [5, 5.41) is 3.95. The van der Waals surface area contributed by atoms with Crippen LogP contribution in [0.5, 0.6) is 0 Å². The number of aromatic nitrogens is 1. The summed E-state index contributed by atoms with van der Waals surface area (Å²) in [7, 11) is 0. The standard InChI is InChI=1S/C12H19N3O/c13-7-9-5-11(15-3-1-2-4-15)10-8-14-16-12(10)6-9/h8-9,11H,1-7,13H2. The van der Waals surface area contributed by atoms with Crippen LogP contribution in [0.1, 0.15) is 36.6 Å². The van der Waals surface area contributed by atoms with Crippen molar-refractivity contribution in [3.05, 3.63) is 17.5 Å². The van der Waals surface area contributed by atoms with Crippen molar-refractivity contribution >= 4 is 0 Å². The van der Waals surface area contributed by atoms with Gasteiger partial charge in [-0.2, -0.15) is 0 Å². The second-order valence-corrected chi connectivity index (χ2v) is 5.00. The van der Waals surface area contributed by atoms with Crippen LogP contribution in [0.25, 0.3) is 0 Å². The van der Waals surface area contributed by atoms with Crippen LogP contribution >= 0.6 is 0 Å². The van der Waals surface area contributed by atoms with E-state index in [2.05, 4.69) is 10.1 Å². The van der Waals surface area contributed by atoms with Crippen LogP contribution in [0, 0.1) is 5.92 Å². The fourth-order valence-electron chi connectivity index (χ4n) is 3.07. The second kappa shape index (κ2) is 4.18. The lowest BCUT2D eigenvalue weighted by molar-refractivity contribution is 0.185. The second-order valence-electron chi connectivity index (χ2n) is 5.00. The average Bonchev–Trinajstić information content (AvgIpc) is 2.98. The fourth-order valence-corrected chi connectivity index (χ4v) is 3.07. The average molecular weight is 221 g/mol. The fraction of sp³-hybridized carbons (Fsp3) is 0.750. The zero-order valence-electron chi connectivity index (χ0n) is 9.56. The maximum Gasteiger partial charge on any atom is 0.141 e. The monoisotopic (exact) mass is 221 g/mol.